The average Bonchev–Trinajstić information content (AvgIpc) is 2.92. The number of hydrogen-bond donors (Lipinski definition) is 1. The van der Waals surface area contributed by atoms with Crippen LogP contribution in [0, 0.1) is 0 Å². The summed E-state index contributed by atoms with van der Waals surface area (Å²) in [6.45, 7) is 3.97. The Morgan fingerprint density at radius 1 is 1.24 bits per heavy atom. The first-order valence-corrected chi connectivity index (χ1v) is 7.31. The van der Waals surface area contributed by atoms with E-state index in [1.807, 2.05) is 6.92 Å². The molecule has 1 heterocycles. The minimum atomic E-state index is -1.07. The van der Waals surface area contributed by atoms with E-state index in [0.29, 0.717) is 52.1 Å². The molecule has 0 radical (unpaired) electrons. The van der Waals surface area contributed by atoms with Gasteiger partial charge < -0.3 is 24.4 Å². The number of aliphatic carboxylic acids is 1. The second-order valence-corrected chi connectivity index (χ2v) is 5.20. The van der Waals surface area contributed by atoms with Crippen molar-refractivity contribution in [1.82, 2.24) is 9.80 Å². The van der Waals surface area contributed by atoms with Crippen molar-refractivity contribution >= 4 is 12.0 Å². The van der Waals surface area contributed by atoms with Gasteiger partial charge in [-0.05, 0) is 19.3 Å². The highest BCUT2D eigenvalue weighted by molar-refractivity contribution is 5.87. The molecule has 1 atom stereocenters. The number of carboxylic acid groups (broad SMARTS) is 1. The minimum Gasteiger partial charge on any atom is -0.479 e. The van der Waals surface area contributed by atoms with E-state index in [0.717, 1.165) is 0 Å². The summed E-state index contributed by atoms with van der Waals surface area (Å²) in [6, 6.07) is -0.245. The van der Waals surface area contributed by atoms with Crippen LogP contribution in [0.3, 0.4) is 0 Å². The smallest absolute Gasteiger partial charge is 0.329 e. The van der Waals surface area contributed by atoms with Gasteiger partial charge >= 0.3 is 12.0 Å². The van der Waals surface area contributed by atoms with Crippen LogP contribution in [0.15, 0.2) is 0 Å². The Kier molecular flexibility index (Phi) is 6.91. The number of ether oxygens (including phenoxy) is 2. The van der Waals surface area contributed by atoms with Crippen LogP contribution in [-0.2, 0) is 14.3 Å². The molecular formula is C14H26N2O5. The molecule has 1 rings (SSSR count). The van der Waals surface area contributed by atoms with Crippen molar-refractivity contribution in [3.05, 3.63) is 0 Å². The molecule has 2 amide bonds. The number of methoxy groups -OCH3 is 2. The number of urea groups is 1. The van der Waals surface area contributed by atoms with Crippen LogP contribution in [0.4, 0.5) is 4.79 Å². The largest absolute Gasteiger partial charge is 0.479 e. The molecule has 1 fully saturated rings. The molecular weight excluding hydrogens is 276 g/mol. The lowest BCUT2D eigenvalue weighted by Crippen LogP contribution is -2.57. The average molecular weight is 302 g/mol. The lowest BCUT2D eigenvalue weighted by molar-refractivity contribution is -0.148. The zero-order chi connectivity index (χ0) is 15.9. The summed E-state index contributed by atoms with van der Waals surface area (Å²) in [6.07, 6.45) is 1.64. The van der Waals surface area contributed by atoms with Gasteiger partial charge in [0.05, 0.1) is 13.2 Å². The second kappa shape index (κ2) is 8.19. The van der Waals surface area contributed by atoms with Crippen LogP contribution in [0.2, 0.25) is 0 Å². The minimum absolute atomic E-state index is 0.245. The first-order valence-electron chi connectivity index (χ1n) is 7.31. The van der Waals surface area contributed by atoms with Crippen molar-refractivity contribution in [3.63, 3.8) is 0 Å². The molecule has 0 aromatic rings. The predicted molar refractivity (Wildman–Crippen MR) is 77.3 cm³/mol. The molecule has 0 bridgehead atoms. The Balaban J connectivity index is 2.87. The fourth-order valence-corrected chi connectivity index (χ4v) is 2.78. The Hall–Kier alpha value is -1.34. The molecule has 1 aliphatic heterocycles. The van der Waals surface area contributed by atoms with Crippen LogP contribution in [0.5, 0.6) is 0 Å². The van der Waals surface area contributed by atoms with Crippen LogP contribution < -0.4 is 0 Å². The fraction of sp³-hybridized carbons (Fsp3) is 0.857. The Labute approximate surface area is 125 Å². The van der Waals surface area contributed by atoms with Gasteiger partial charge in [-0.1, -0.05) is 6.92 Å². The van der Waals surface area contributed by atoms with Crippen molar-refractivity contribution in [2.24, 2.45) is 0 Å². The molecule has 1 N–H and O–H groups in total. The van der Waals surface area contributed by atoms with E-state index in [1.54, 1.807) is 19.1 Å². The first kappa shape index (κ1) is 17.7. The molecule has 1 unspecified atom stereocenters. The van der Waals surface area contributed by atoms with Crippen molar-refractivity contribution < 1.29 is 24.2 Å². The third-order valence-electron chi connectivity index (χ3n) is 4.10. The number of carboxylic acids is 1. The van der Waals surface area contributed by atoms with E-state index in [1.165, 1.54) is 4.90 Å². The number of hydrogen-bond acceptors (Lipinski definition) is 4. The summed E-state index contributed by atoms with van der Waals surface area (Å²) in [5.41, 5.74) is -1.07. The SMILES string of the molecule is CCC1(C(=O)O)CCCN1C(=O)N(CCOC)CCOC. The summed E-state index contributed by atoms with van der Waals surface area (Å²) >= 11 is 0. The lowest BCUT2D eigenvalue weighted by atomic mass is 9.93. The van der Waals surface area contributed by atoms with Gasteiger partial charge in [-0.3, -0.25) is 0 Å². The van der Waals surface area contributed by atoms with Gasteiger partial charge in [0.25, 0.3) is 0 Å². The summed E-state index contributed by atoms with van der Waals surface area (Å²) in [5, 5.41) is 9.56. The zero-order valence-corrected chi connectivity index (χ0v) is 13.1. The molecule has 122 valence electrons. The lowest BCUT2D eigenvalue weighted by Gasteiger charge is -2.37. The molecule has 1 aliphatic rings. The molecule has 7 nitrogen and oxygen atoms in total. The summed E-state index contributed by atoms with van der Waals surface area (Å²) in [4.78, 5) is 27.5. The second-order valence-electron chi connectivity index (χ2n) is 5.20. The van der Waals surface area contributed by atoms with Crippen molar-refractivity contribution in [2.75, 3.05) is 47.1 Å². The predicted octanol–water partition coefficient (Wildman–Crippen LogP) is 1.03. The van der Waals surface area contributed by atoms with Crippen LogP contribution in [-0.4, -0.2) is 79.5 Å². The van der Waals surface area contributed by atoms with Crippen LogP contribution in [0.25, 0.3) is 0 Å². The van der Waals surface area contributed by atoms with E-state index in [-0.39, 0.29) is 6.03 Å². The molecule has 0 spiro atoms. The highest BCUT2D eigenvalue weighted by Gasteiger charge is 2.49. The van der Waals surface area contributed by atoms with Crippen molar-refractivity contribution in [2.45, 2.75) is 31.7 Å². The van der Waals surface area contributed by atoms with Gasteiger partial charge in [0, 0.05) is 33.9 Å². The molecule has 0 saturated carbocycles. The van der Waals surface area contributed by atoms with E-state index in [9.17, 15) is 14.7 Å². The summed E-state index contributed by atoms with van der Waals surface area (Å²) in [5.74, 6) is -0.922. The van der Waals surface area contributed by atoms with Gasteiger partial charge in [-0.2, -0.15) is 0 Å². The van der Waals surface area contributed by atoms with Gasteiger partial charge in [0.2, 0.25) is 0 Å². The standard InChI is InChI=1S/C14H26N2O5/c1-4-14(12(17)18)6-5-7-16(14)13(19)15(8-10-20-2)9-11-21-3/h4-11H2,1-3H3,(H,17,18). The molecule has 21 heavy (non-hydrogen) atoms. The summed E-state index contributed by atoms with van der Waals surface area (Å²) in [7, 11) is 3.14. The third-order valence-corrected chi connectivity index (χ3v) is 4.10. The number of carbonyl (C=O) groups excluding carboxylic acids is 1. The van der Waals surface area contributed by atoms with Crippen molar-refractivity contribution in [3.8, 4) is 0 Å². The third kappa shape index (κ3) is 3.85. The van der Waals surface area contributed by atoms with Gasteiger partial charge in [0.1, 0.15) is 5.54 Å². The van der Waals surface area contributed by atoms with E-state index >= 15 is 0 Å². The number of carbonyl (C=O) groups is 2. The van der Waals surface area contributed by atoms with Crippen LogP contribution >= 0.6 is 0 Å². The number of rotatable bonds is 8. The van der Waals surface area contributed by atoms with Gasteiger partial charge in [-0.15, -0.1) is 0 Å². The Bertz CT molecular complexity index is 355. The van der Waals surface area contributed by atoms with E-state index < -0.39 is 11.5 Å². The van der Waals surface area contributed by atoms with E-state index in [4.69, 9.17) is 9.47 Å². The van der Waals surface area contributed by atoms with Crippen LogP contribution in [0.1, 0.15) is 26.2 Å². The fourth-order valence-electron chi connectivity index (χ4n) is 2.78. The Morgan fingerprint density at radius 3 is 2.24 bits per heavy atom. The number of likely N-dealkylation sites (tertiary alicyclic amines) is 1. The topological polar surface area (TPSA) is 79.3 Å². The summed E-state index contributed by atoms with van der Waals surface area (Å²) < 4.78 is 10.0. The maximum Gasteiger partial charge on any atom is 0.329 e. The van der Waals surface area contributed by atoms with E-state index in [2.05, 4.69) is 0 Å². The van der Waals surface area contributed by atoms with Gasteiger partial charge in [-0.25, -0.2) is 9.59 Å². The normalized spacial score (nSPS) is 21.6. The molecule has 7 heteroatoms. The molecule has 1 saturated heterocycles. The number of amides is 2. The zero-order valence-electron chi connectivity index (χ0n) is 13.1. The maximum atomic E-state index is 12.7. The maximum absolute atomic E-state index is 12.7. The number of nitrogens with zero attached hydrogens (tertiary/aromatic N) is 2. The molecule has 0 aromatic heterocycles. The molecule has 0 aromatic carbocycles. The monoisotopic (exact) mass is 302 g/mol. The highest BCUT2D eigenvalue weighted by Crippen LogP contribution is 2.33. The first-order chi connectivity index (χ1) is 10.0. The highest BCUT2D eigenvalue weighted by atomic mass is 16.5. The Morgan fingerprint density at radius 2 is 1.81 bits per heavy atom. The molecule has 0 aliphatic carbocycles. The quantitative estimate of drug-likeness (QED) is 0.724. The van der Waals surface area contributed by atoms with Gasteiger partial charge in [0.15, 0.2) is 0 Å². The van der Waals surface area contributed by atoms with Crippen molar-refractivity contribution in [1.29, 1.82) is 0 Å².